The Morgan fingerprint density at radius 3 is 0.844 bits per heavy atom. The summed E-state index contributed by atoms with van der Waals surface area (Å²) in [6.45, 7) is 4.31. The number of esters is 2. The lowest BCUT2D eigenvalue weighted by Crippen LogP contribution is -2.37. The first kappa shape index (κ1) is 94.0. The summed E-state index contributed by atoms with van der Waals surface area (Å²) in [6, 6.07) is 0. The van der Waals surface area contributed by atoms with Crippen molar-refractivity contribution in [3.05, 3.63) is 48.6 Å². The molecule has 10 heteroatoms. The fourth-order valence-electron chi connectivity index (χ4n) is 12.8. The van der Waals surface area contributed by atoms with Crippen LogP contribution in [0.15, 0.2) is 48.6 Å². The average molecular weight is 1370 g/mol. The van der Waals surface area contributed by atoms with E-state index in [2.05, 4.69) is 62.5 Å². The number of nitrogens with zero attached hydrogens (tertiary/aromatic N) is 1. The lowest BCUT2D eigenvalue weighted by molar-refractivity contribution is -0.870. The van der Waals surface area contributed by atoms with Crippen LogP contribution in [0.4, 0.5) is 0 Å². The fraction of sp³-hybridized carbons (Fsp3) is 0.884. The van der Waals surface area contributed by atoms with Gasteiger partial charge in [0.1, 0.15) is 19.8 Å². The number of carbonyl (C=O) groups is 2. The summed E-state index contributed by atoms with van der Waals surface area (Å²) in [5.41, 5.74) is 0. The van der Waals surface area contributed by atoms with Crippen LogP contribution in [-0.2, 0) is 32.7 Å². The van der Waals surface area contributed by atoms with Crippen LogP contribution in [0.1, 0.15) is 438 Å². The van der Waals surface area contributed by atoms with E-state index in [1.807, 2.05) is 21.1 Å². The zero-order valence-corrected chi connectivity index (χ0v) is 65.7. The van der Waals surface area contributed by atoms with Gasteiger partial charge < -0.3 is 27.9 Å². The molecule has 0 fully saturated rings. The molecular weight excluding hydrogens is 1210 g/mol. The summed E-state index contributed by atoms with van der Waals surface area (Å²) in [7, 11) is 1.19. The predicted octanol–water partition coefficient (Wildman–Crippen LogP) is 27.7. The largest absolute Gasteiger partial charge is 0.756 e. The van der Waals surface area contributed by atoms with Gasteiger partial charge in [-0.1, -0.05) is 396 Å². The zero-order chi connectivity index (χ0) is 69.7. The smallest absolute Gasteiger partial charge is 0.306 e. The van der Waals surface area contributed by atoms with E-state index in [4.69, 9.17) is 18.5 Å². The Morgan fingerprint density at radius 2 is 0.562 bits per heavy atom. The second-order valence-corrected chi connectivity index (χ2v) is 31.6. The Bertz CT molecular complexity index is 1760. The quantitative estimate of drug-likeness (QED) is 0.0195. The number of hydrogen-bond acceptors (Lipinski definition) is 8. The predicted molar refractivity (Wildman–Crippen MR) is 416 cm³/mol. The summed E-state index contributed by atoms with van der Waals surface area (Å²) in [4.78, 5) is 38.2. The number of phosphoric ester groups is 1. The van der Waals surface area contributed by atoms with Gasteiger partial charge in [-0.25, -0.2) is 0 Å². The van der Waals surface area contributed by atoms with Crippen molar-refractivity contribution in [2.24, 2.45) is 0 Å². The van der Waals surface area contributed by atoms with Crippen molar-refractivity contribution in [2.75, 3.05) is 47.5 Å². The number of rotatable bonds is 80. The molecule has 0 heterocycles. The fourth-order valence-corrected chi connectivity index (χ4v) is 13.6. The second kappa shape index (κ2) is 77.1. The molecule has 0 aromatic heterocycles. The van der Waals surface area contributed by atoms with E-state index < -0.39 is 26.5 Å². The molecule has 566 valence electrons. The number of phosphoric acid groups is 1. The van der Waals surface area contributed by atoms with Crippen molar-refractivity contribution in [1.29, 1.82) is 0 Å². The molecule has 0 aromatic rings. The van der Waals surface area contributed by atoms with Crippen molar-refractivity contribution < 1.29 is 42.1 Å². The first-order valence-electron chi connectivity index (χ1n) is 42.3. The average Bonchev–Trinajstić information content (AvgIpc) is 1.98. The molecule has 2 unspecified atom stereocenters. The minimum atomic E-state index is -4.64. The van der Waals surface area contributed by atoms with Crippen molar-refractivity contribution in [3.63, 3.8) is 0 Å². The van der Waals surface area contributed by atoms with E-state index in [1.54, 1.807) is 0 Å². The van der Waals surface area contributed by atoms with Gasteiger partial charge in [-0.3, -0.25) is 14.2 Å². The molecule has 0 aliphatic carbocycles. The molecule has 0 aliphatic heterocycles. The van der Waals surface area contributed by atoms with Crippen molar-refractivity contribution in [3.8, 4) is 0 Å². The molecular formula is C86H164NO8P. The van der Waals surface area contributed by atoms with Gasteiger partial charge in [-0.2, -0.15) is 0 Å². The summed E-state index contributed by atoms with van der Waals surface area (Å²) in [5.74, 6) is -0.806. The van der Waals surface area contributed by atoms with E-state index >= 15 is 0 Å². The third-order valence-electron chi connectivity index (χ3n) is 19.3. The number of quaternary nitrogens is 1. The number of carbonyl (C=O) groups excluding carboxylic acids is 2. The second-order valence-electron chi connectivity index (χ2n) is 30.2. The summed E-state index contributed by atoms with van der Waals surface area (Å²) in [6.07, 6.45) is 103. The minimum Gasteiger partial charge on any atom is -0.756 e. The molecule has 0 rings (SSSR count). The number of unbranched alkanes of at least 4 members (excludes halogenated alkanes) is 58. The molecule has 96 heavy (non-hydrogen) atoms. The highest BCUT2D eigenvalue weighted by molar-refractivity contribution is 7.45. The number of allylic oxidation sites excluding steroid dienone is 8. The highest BCUT2D eigenvalue weighted by atomic mass is 31.2. The molecule has 0 aliphatic rings. The molecule has 0 radical (unpaired) electrons. The molecule has 0 saturated heterocycles. The molecule has 0 bridgehead atoms. The summed E-state index contributed by atoms with van der Waals surface area (Å²) in [5, 5.41) is 0. The summed E-state index contributed by atoms with van der Waals surface area (Å²) >= 11 is 0. The van der Waals surface area contributed by atoms with E-state index in [-0.39, 0.29) is 32.0 Å². The van der Waals surface area contributed by atoms with Crippen molar-refractivity contribution in [1.82, 2.24) is 0 Å². The maximum Gasteiger partial charge on any atom is 0.306 e. The lowest BCUT2D eigenvalue weighted by atomic mass is 10.0. The normalized spacial score (nSPS) is 13.2. The van der Waals surface area contributed by atoms with Gasteiger partial charge in [0.25, 0.3) is 7.82 Å². The lowest BCUT2D eigenvalue weighted by Gasteiger charge is -2.28. The highest BCUT2D eigenvalue weighted by Crippen LogP contribution is 2.38. The van der Waals surface area contributed by atoms with E-state index in [1.165, 1.54) is 360 Å². The number of likely N-dealkylation sites (N-methyl/N-ethyl adjacent to an activating group) is 1. The van der Waals surface area contributed by atoms with E-state index in [9.17, 15) is 19.0 Å². The SMILES string of the molecule is CCCCCCC/C=C\C/C=C\C/C=C\CCCCCCCCCCCCCCCCCCCCCCCCCCC(=O)OC(COC(=O)CCCCCCCCCCCCCCCCCCCCCCC/C=C\CCCCCCCCCC)COP(=O)([O-])OCC[N+](C)(C)C. The molecule has 0 aromatic carbocycles. The molecule has 0 saturated carbocycles. The molecule has 0 amide bonds. The van der Waals surface area contributed by atoms with Crippen LogP contribution in [0.25, 0.3) is 0 Å². The van der Waals surface area contributed by atoms with Gasteiger partial charge >= 0.3 is 11.9 Å². The molecule has 0 spiro atoms. The zero-order valence-electron chi connectivity index (χ0n) is 64.9. The first-order valence-corrected chi connectivity index (χ1v) is 43.8. The number of ether oxygens (including phenoxy) is 2. The van der Waals surface area contributed by atoms with Crippen LogP contribution < -0.4 is 4.89 Å². The maximum absolute atomic E-state index is 12.9. The standard InChI is InChI=1S/C86H164NO8P/c1-6-8-10-12-14-16-18-20-22-24-26-28-30-32-34-36-38-40-41-42-43-44-45-47-49-51-53-55-57-59-61-63-65-67-69-71-73-75-77-79-86(89)95-84(83-94-96(90,91)93-81-80-87(3,4)5)82-92-85(88)78-76-74-72-70-68-66-64-62-60-58-56-54-52-50-48-46-39-37-35-33-31-29-27-25-23-21-19-17-15-13-11-9-7-2/h18,20,24-27,30,32,84H,6-17,19,21-23,28-29,31,33-83H2,1-5H3/b20-18-,26-24-,27-25-,32-30-. The topological polar surface area (TPSA) is 111 Å². The molecule has 2 atom stereocenters. The minimum absolute atomic E-state index is 0.0275. The Kier molecular flexibility index (Phi) is 75.5. The Hall–Kier alpha value is -2.03. The highest BCUT2D eigenvalue weighted by Gasteiger charge is 2.22. The third-order valence-corrected chi connectivity index (χ3v) is 20.3. The Morgan fingerprint density at radius 1 is 0.323 bits per heavy atom. The van der Waals surface area contributed by atoms with Crippen LogP contribution in [0, 0.1) is 0 Å². The maximum atomic E-state index is 12.9. The van der Waals surface area contributed by atoms with Crippen molar-refractivity contribution in [2.45, 2.75) is 444 Å². The van der Waals surface area contributed by atoms with E-state index in [0.717, 1.165) is 44.9 Å². The third kappa shape index (κ3) is 80.9. The van der Waals surface area contributed by atoms with Crippen LogP contribution in [-0.4, -0.2) is 70.0 Å². The number of hydrogen-bond donors (Lipinski definition) is 0. The van der Waals surface area contributed by atoms with Crippen LogP contribution in [0.2, 0.25) is 0 Å². The monoisotopic (exact) mass is 1370 g/mol. The van der Waals surface area contributed by atoms with Gasteiger partial charge in [0.2, 0.25) is 0 Å². The summed E-state index contributed by atoms with van der Waals surface area (Å²) < 4.78 is 34.5. The van der Waals surface area contributed by atoms with Crippen molar-refractivity contribution >= 4 is 19.8 Å². The van der Waals surface area contributed by atoms with Gasteiger partial charge in [0.05, 0.1) is 27.7 Å². The van der Waals surface area contributed by atoms with Crippen LogP contribution >= 0.6 is 7.82 Å². The molecule has 0 N–H and O–H groups in total. The van der Waals surface area contributed by atoms with Gasteiger partial charge in [0.15, 0.2) is 6.10 Å². The van der Waals surface area contributed by atoms with E-state index in [0.29, 0.717) is 17.4 Å². The van der Waals surface area contributed by atoms with Gasteiger partial charge in [-0.15, -0.1) is 0 Å². The Balaban J connectivity index is 3.88. The first-order chi connectivity index (χ1) is 47.0. The Labute approximate surface area is 598 Å². The van der Waals surface area contributed by atoms with Gasteiger partial charge in [0, 0.05) is 12.8 Å². The van der Waals surface area contributed by atoms with Gasteiger partial charge in [-0.05, 0) is 77.0 Å². The van der Waals surface area contributed by atoms with Crippen LogP contribution in [0.5, 0.6) is 0 Å². The van der Waals surface area contributed by atoms with Crippen LogP contribution in [0.3, 0.4) is 0 Å². The molecule has 9 nitrogen and oxygen atoms in total.